The summed E-state index contributed by atoms with van der Waals surface area (Å²) in [6.45, 7) is 10.2. The maximum absolute atomic E-state index is 13.0. The van der Waals surface area contributed by atoms with Crippen molar-refractivity contribution in [2.45, 2.75) is 56.4 Å². The van der Waals surface area contributed by atoms with E-state index in [1.165, 1.54) is 12.1 Å². The summed E-state index contributed by atoms with van der Waals surface area (Å²) in [5.41, 5.74) is -0.700. The Hall–Kier alpha value is -1.81. The van der Waals surface area contributed by atoms with E-state index in [1.807, 2.05) is 13.8 Å². The lowest BCUT2D eigenvalue weighted by molar-refractivity contribution is -0.384. The normalized spacial score (nSPS) is 13.9. The first-order chi connectivity index (χ1) is 13.7. The molecule has 0 aromatic heterocycles. The number of benzene rings is 2. The lowest BCUT2D eigenvalue weighted by atomic mass is 9.82. The number of hydrogen-bond donors (Lipinski definition) is 1. The molecule has 0 radical (unpaired) electrons. The van der Waals surface area contributed by atoms with Crippen molar-refractivity contribution in [2.24, 2.45) is 9.78 Å². The topological polar surface area (TPSA) is 102 Å². The first-order valence-electron chi connectivity index (χ1n) is 9.18. The van der Waals surface area contributed by atoms with Gasteiger partial charge in [0.2, 0.25) is 0 Å². The number of sulfonamides is 1. The van der Waals surface area contributed by atoms with Crippen molar-refractivity contribution in [3.05, 3.63) is 63.7 Å². The molecule has 0 bridgehead atoms. The van der Waals surface area contributed by atoms with Crippen LogP contribution in [-0.2, 0) is 20.9 Å². The van der Waals surface area contributed by atoms with Crippen molar-refractivity contribution in [2.75, 3.05) is 0 Å². The van der Waals surface area contributed by atoms with Crippen LogP contribution in [0.25, 0.3) is 0 Å². The van der Waals surface area contributed by atoms with Crippen LogP contribution in [0.5, 0.6) is 0 Å². The van der Waals surface area contributed by atoms with Gasteiger partial charge in [-0.3, -0.25) is 10.1 Å². The van der Waals surface area contributed by atoms with Crippen LogP contribution in [0.1, 0.15) is 41.0 Å². The van der Waals surface area contributed by atoms with Crippen LogP contribution in [0.4, 0.5) is 5.69 Å². The first kappa shape index (κ1) is 24.5. The molecule has 0 fully saturated rings. The van der Waals surface area contributed by atoms with Crippen molar-refractivity contribution in [3.8, 4) is 0 Å². The van der Waals surface area contributed by atoms with Crippen LogP contribution < -0.4 is 4.13 Å². The van der Waals surface area contributed by atoms with Gasteiger partial charge in [0.25, 0.3) is 15.7 Å². The summed E-state index contributed by atoms with van der Waals surface area (Å²) in [6, 6.07) is 11.6. The number of halogens is 1. The van der Waals surface area contributed by atoms with Gasteiger partial charge in [-0.1, -0.05) is 38.4 Å². The predicted molar refractivity (Wildman–Crippen MR) is 121 cm³/mol. The zero-order chi connectivity index (χ0) is 22.7. The van der Waals surface area contributed by atoms with Crippen molar-refractivity contribution < 1.29 is 13.3 Å². The highest BCUT2D eigenvalue weighted by Crippen LogP contribution is 2.31. The zero-order valence-electron chi connectivity index (χ0n) is 17.5. The SMILES string of the molecule is CC(C)(C)CC(C)(C)N=S(NS(=O)(=O)c1ccc([N+](=O)[O-])cc1)c1cccc(Cl)c1. The highest BCUT2D eigenvalue weighted by molar-refractivity contribution is 8.02. The van der Waals surface area contributed by atoms with Gasteiger partial charge < -0.3 is 0 Å². The second kappa shape index (κ2) is 9.13. The largest absolute Gasteiger partial charge is 0.269 e. The second-order valence-corrected chi connectivity index (χ2v) is 12.5. The number of non-ortho nitro benzene ring substituents is 1. The Morgan fingerprint density at radius 1 is 1.10 bits per heavy atom. The monoisotopic (exact) mass is 471 g/mol. The number of nitrogens with one attached hydrogen (secondary N) is 1. The lowest BCUT2D eigenvalue weighted by Crippen LogP contribution is -2.31. The summed E-state index contributed by atoms with van der Waals surface area (Å²) < 4.78 is 33.5. The van der Waals surface area contributed by atoms with E-state index < -0.39 is 31.4 Å². The summed E-state index contributed by atoms with van der Waals surface area (Å²) in [5.74, 6) is 0. The van der Waals surface area contributed by atoms with Crippen molar-refractivity contribution in [1.82, 2.24) is 4.13 Å². The number of nitro groups is 1. The van der Waals surface area contributed by atoms with Gasteiger partial charge in [-0.2, -0.15) is 0 Å². The van der Waals surface area contributed by atoms with Crippen LogP contribution in [0.3, 0.4) is 0 Å². The van der Waals surface area contributed by atoms with Crippen molar-refractivity contribution in [1.29, 1.82) is 0 Å². The van der Waals surface area contributed by atoms with E-state index in [2.05, 4.69) is 24.9 Å². The summed E-state index contributed by atoms with van der Waals surface area (Å²) in [7, 11) is -5.19. The van der Waals surface area contributed by atoms with Gasteiger partial charge in [0, 0.05) is 32.9 Å². The summed E-state index contributed by atoms with van der Waals surface area (Å²) in [4.78, 5) is 10.8. The van der Waals surface area contributed by atoms with E-state index in [4.69, 9.17) is 16.0 Å². The molecule has 2 aromatic rings. The molecule has 30 heavy (non-hydrogen) atoms. The molecule has 164 valence electrons. The van der Waals surface area contributed by atoms with E-state index in [9.17, 15) is 18.5 Å². The van der Waals surface area contributed by atoms with E-state index in [-0.39, 0.29) is 16.0 Å². The molecule has 2 aromatic carbocycles. The third-order valence-electron chi connectivity index (χ3n) is 3.87. The maximum atomic E-state index is 13.0. The van der Waals surface area contributed by atoms with Gasteiger partial charge in [0.05, 0.1) is 15.4 Å². The molecule has 0 saturated heterocycles. The number of hydrogen-bond acceptors (Lipinski definition) is 5. The Balaban J connectivity index is 2.49. The molecule has 0 amide bonds. The Morgan fingerprint density at radius 2 is 1.70 bits per heavy atom. The molecule has 0 aliphatic rings. The molecule has 2 rings (SSSR count). The molecule has 7 nitrogen and oxygen atoms in total. The quantitative estimate of drug-likeness (QED) is 0.424. The number of nitrogens with zero attached hydrogens (tertiary/aromatic N) is 2. The maximum Gasteiger partial charge on any atom is 0.269 e. The smallest absolute Gasteiger partial charge is 0.258 e. The first-order valence-corrected chi connectivity index (χ1v) is 12.2. The molecule has 1 atom stereocenters. The van der Waals surface area contributed by atoms with E-state index >= 15 is 0 Å². The van der Waals surface area contributed by atoms with Crippen LogP contribution in [0.2, 0.25) is 5.02 Å². The Kier molecular flexibility index (Phi) is 7.45. The predicted octanol–water partition coefficient (Wildman–Crippen LogP) is 5.52. The van der Waals surface area contributed by atoms with Gasteiger partial charge >= 0.3 is 0 Å². The van der Waals surface area contributed by atoms with Crippen LogP contribution in [0, 0.1) is 15.5 Å². The minimum atomic E-state index is -3.98. The molecular formula is C20H26ClN3O4S2. The third kappa shape index (κ3) is 7.16. The molecule has 0 aliphatic carbocycles. The van der Waals surface area contributed by atoms with E-state index in [1.54, 1.807) is 24.3 Å². The summed E-state index contributed by atoms with van der Waals surface area (Å²) in [6.07, 6.45) is 0.739. The average molecular weight is 472 g/mol. The minimum absolute atomic E-state index is 0.00635. The molecule has 0 heterocycles. The average Bonchev–Trinajstić information content (AvgIpc) is 2.58. The molecule has 0 aliphatic heterocycles. The van der Waals surface area contributed by atoms with Crippen molar-refractivity contribution >= 4 is 38.2 Å². The Labute approximate surface area is 185 Å². The van der Waals surface area contributed by atoms with Gasteiger partial charge in [0.1, 0.15) is 0 Å². The second-order valence-electron chi connectivity index (χ2n) is 8.72. The highest BCUT2D eigenvalue weighted by atomic mass is 35.5. The van der Waals surface area contributed by atoms with Gasteiger partial charge in [-0.15, -0.1) is 4.13 Å². The third-order valence-corrected chi connectivity index (χ3v) is 7.88. The summed E-state index contributed by atoms with van der Waals surface area (Å²) in [5, 5.41) is 11.3. The van der Waals surface area contributed by atoms with Crippen LogP contribution in [-0.4, -0.2) is 18.9 Å². The van der Waals surface area contributed by atoms with Crippen LogP contribution in [0.15, 0.2) is 62.7 Å². The molecule has 1 unspecified atom stereocenters. The van der Waals surface area contributed by atoms with Gasteiger partial charge in [-0.25, -0.2) is 12.8 Å². The minimum Gasteiger partial charge on any atom is -0.258 e. The van der Waals surface area contributed by atoms with Gasteiger partial charge in [-0.05, 0) is 56.0 Å². The van der Waals surface area contributed by atoms with Crippen LogP contribution >= 0.6 is 11.6 Å². The zero-order valence-corrected chi connectivity index (χ0v) is 19.9. The molecule has 0 saturated carbocycles. The van der Waals surface area contributed by atoms with E-state index in [0.717, 1.165) is 18.6 Å². The number of nitro benzene ring substituents is 1. The van der Waals surface area contributed by atoms with Gasteiger partial charge in [0.15, 0.2) is 0 Å². The fourth-order valence-corrected chi connectivity index (χ4v) is 6.79. The molecule has 0 spiro atoms. The Bertz CT molecular complexity index is 1060. The van der Waals surface area contributed by atoms with E-state index in [0.29, 0.717) is 9.92 Å². The molecule has 1 N–H and O–H groups in total. The fourth-order valence-electron chi connectivity index (χ4n) is 3.18. The lowest BCUT2D eigenvalue weighted by Gasteiger charge is -2.30. The standard InChI is InChI=1S/C20H26ClN3O4S2/c1-19(2,3)14-20(4,5)22-29(17-8-6-7-15(21)13-17)23-30(27,28)18-11-9-16(10-12-18)24(25)26/h6-13H,14H2,1-5H3,(H,22,23). The van der Waals surface area contributed by atoms with Crippen molar-refractivity contribution in [3.63, 3.8) is 0 Å². The summed E-state index contributed by atoms with van der Waals surface area (Å²) >= 11 is 6.12. The molecule has 10 heteroatoms. The Morgan fingerprint density at radius 3 is 2.20 bits per heavy atom. The molecular weight excluding hydrogens is 446 g/mol. The highest BCUT2D eigenvalue weighted by Gasteiger charge is 2.27. The number of rotatable bonds is 7. The fraction of sp³-hybridized carbons (Fsp3) is 0.400.